The molecule has 1 saturated heterocycles. The fourth-order valence-corrected chi connectivity index (χ4v) is 3.93. The van der Waals surface area contributed by atoms with Crippen LogP contribution in [0.5, 0.6) is 0 Å². The van der Waals surface area contributed by atoms with Crippen LogP contribution in [0.2, 0.25) is 0 Å². The van der Waals surface area contributed by atoms with Crippen molar-refractivity contribution in [1.82, 2.24) is 9.88 Å². The van der Waals surface area contributed by atoms with E-state index < -0.39 is 23.9 Å². The van der Waals surface area contributed by atoms with E-state index in [4.69, 9.17) is 5.11 Å². The predicted molar refractivity (Wildman–Crippen MR) is 88.2 cm³/mol. The number of hydrogen-bond donors (Lipinski definition) is 1. The first-order valence-corrected chi connectivity index (χ1v) is 8.64. The third-order valence-corrected chi connectivity index (χ3v) is 5.20. The number of aromatic nitrogens is 1. The SMILES string of the molecule is Cc1csc(C2CCCN2C(=O)c2cc(C(=O)O)cc(C(F)F)c2)n1. The van der Waals surface area contributed by atoms with Gasteiger partial charge in [-0.15, -0.1) is 11.3 Å². The number of aromatic carboxylic acids is 1. The van der Waals surface area contributed by atoms with Gasteiger partial charge in [-0.05, 0) is 38.0 Å². The van der Waals surface area contributed by atoms with E-state index in [1.54, 1.807) is 4.90 Å². The van der Waals surface area contributed by atoms with Crippen molar-refractivity contribution in [2.24, 2.45) is 0 Å². The lowest BCUT2D eigenvalue weighted by Crippen LogP contribution is -2.30. The number of carbonyl (C=O) groups is 2. The highest BCUT2D eigenvalue weighted by Gasteiger charge is 2.33. The molecule has 1 N–H and O–H groups in total. The quantitative estimate of drug-likeness (QED) is 0.886. The predicted octanol–water partition coefficient (Wildman–Crippen LogP) is 4.06. The van der Waals surface area contributed by atoms with Crippen molar-refractivity contribution in [3.63, 3.8) is 0 Å². The first kappa shape index (κ1) is 17.5. The number of alkyl halides is 2. The largest absolute Gasteiger partial charge is 0.478 e. The molecule has 2 aromatic rings. The molecule has 2 heterocycles. The summed E-state index contributed by atoms with van der Waals surface area (Å²) in [5, 5.41) is 11.8. The van der Waals surface area contributed by atoms with Gasteiger partial charge < -0.3 is 10.0 Å². The molecule has 8 heteroatoms. The minimum atomic E-state index is -2.85. The van der Waals surface area contributed by atoms with Gasteiger partial charge in [0.15, 0.2) is 0 Å². The molecule has 0 aliphatic carbocycles. The minimum Gasteiger partial charge on any atom is -0.478 e. The monoisotopic (exact) mass is 366 g/mol. The van der Waals surface area contributed by atoms with Crippen molar-refractivity contribution in [2.75, 3.05) is 6.54 Å². The van der Waals surface area contributed by atoms with E-state index >= 15 is 0 Å². The Kier molecular flexibility index (Phi) is 4.80. The van der Waals surface area contributed by atoms with E-state index in [1.807, 2.05) is 12.3 Å². The number of likely N-dealkylation sites (tertiary alicyclic amines) is 1. The zero-order valence-electron chi connectivity index (χ0n) is 13.4. The van der Waals surface area contributed by atoms with Gasteiger partial charge in [0.1, 0.15) is 5.01 Å². The maximum Gasteiger partial charge on any atom is 0.335 e. The van der Waals surface area contributed by atoms with Crippen LogP contribution in [0.25, 0.3) is 0 Å². The first-order chi connectivity index (χ1) is 11.9. The zero-order chi connectivity index (χ0) is 18.1. The van der Waals surface area contributed by atoms with Crippen LogP contribution in [0, 0.1) is 6.92 Å². The lowest BCUT2D eigenvalue weighted by atomic mass is 10.0. The van der Waals surface area contributed by atoms with Crippen molar-refractivity contribution in [3.05, 3.63) is 51.0 Å². The Morgan fingerprint density at radius 1 is 1.32 bits per heavy atom. The number of nitrogens with zero attached hydrogens (tertiary/aromatic N) is 2. The van der Waals surface area contributed by atoms with Crippen LogP contribution in [-0.4, -0.2) is 33.4 Å². The van der Waals surface area contributed by atoms with Crippen LogP contribution < -0.4 is 0 Å². The van der Waals surface area contributed by atoms with Crippen molar-refractivity contribution < 1.29 is 23.5 Å². The Balaban J connectivity index is 1.95. The van der Waals surface area contributed by atoms with Crippen LogP contribution in [0.1, 0.15) is 62.3 Å². The summed E-state index contributed by atoms with van der Waals surface area (Å²) < 4.78 is 26.1. The molecule has 1 aliphatic heterocycles. The highest BCUT2D eigenvalue weighted by Crippen LogP contribution is 2.35. The van der Waals surface area contributed by atoms with Crippen LogP contribution in [0.15, 0.2) is 23.6 Å². The Hall–Kier alpha value is -2.35. The van der Waals surface area contributed by atoms with Crippen molar-refractivity contribution in [1.29, 1.82) is 0 Å². The van der Waals surface area contributed by atoms with E-state index in [0.717, 1.165) is 41.7 Å². The smallest absolute Gasteiger partial charge is 0.335 e. The Morgan fingerprint density at radius 2 is 2.04 bits per heavy atom. The number of rotatable bonds is 4. The average molecular weight is 366 g/mol. The van der Waals surface area contributed by atoms with Gasteiger partial charge in [-0.1, -0.05) is 0 Å². The first-order valence-electron chi connectivity index (χ1n) is 7.76. The molecule has 0 spiro atoms. The van der Waals surface area contributed by atoms with Crippen molar-refractivity contribution >= 4 is 23.2 Å². The topological polar surface area (TPSA) is 70.5 Å². The van der Waals surface area contributed by atoms with Gasteiger partial charge in [-0.25, -0.2) is 18.6 Å². The number of carbonyl (C=O) groups excluding carboxylic acids is 1. The fraction of sp³-hybridized carbons (Fsp3) is 0.353. The second kappa shape index (κ2) is 6.87. The fourth-order valence-electron chi connectivity index (χ4n) is 2.98. The van der Waals surface area contributed by atoms with Gasteiger partial charge in [0.25, 0.3) is 12.3 Å². The molecular formula is C17H16F2N2O3S. The van der Waals surface area contributed by atoms with Gasteiger partial charge in [-0.3, -0.25) is 4.79 Å². The number of thiazole rings is 1. The zero-order valence-corrected chi connectivity index (χ0v) is 14.2. The highest BCUT2D eigenvalue weighted by atomic mass is 32.1. The number of halogens is 2. The summed E-state index contributed by atoms with van der Waals surface area (Å²) in [5.41, 5.74) is 0.0496. The van der Waals surface area contributed by atoms with Gasteiger partial charge in [0.2, 0.25) is 0 Å². The van der Waals surface area contributed by atoms with Gasteiger partial charge in [-0.2, -0.15) is 0 Å². The number of hydrogen-bond acceptors (Lipinski definition) is 4. The molecule has 25 heavy (non-hydrogen) atoms. The summed E-state index contributed by atoms with van der Waals surface area (Å²) in [7, 11) is 0. The van der Waals surface area contributed by atoms with Crippen molar-refractivity contribution in [3.8, 4) is 0 Å². The molecule has 1 aromatic carbocycles. The molecule has 1 aliphatic rings. The van der Waals surface area contributed by atoms with Gasteiger partial charge >= 0.3 is 5.97 Å². The normalized spacial score (nSPS) is 17.3. The number of amides is 1. The van der Waals surface area contributed by atoms with E-state index in [9.17, 15) is 18.4 Å². The Morgan fingerprint density at radius 3 is 2.64 bits per heavy atom. The number of benzene rings is 1. The second-order valence-corrected chi connectivity index (χ2v) is 6.82. The lowest BCUT2D eigenvalue weighted by Gasteiger charge is -2.23. The number of aryl methyl sites for hydroxylation is 1. The average Bonchev–Trinajstić information content (AvgIpc) is 3.22. The van der Waals surface area contributed by atoms with Crippen LogP contribution in [0.4, 0.5) is 8.78 Å². The molecule has 1 aromatic heterocycles. The summed E-state index contributed by atoms with van der Waals surface area (Å²) in [4.78, 5) is 30.0. The molecule has 5 nitrogen and oxygen atoms in total. The van der Waals surface area contributed by atoms with E-state index in [-0.39, 0.29) is 17.2 Å². The molecule has 0 radical (unpaired) electrons. The molecule has 1 amide bonds. The summed E-state index contributed by atoms with van der Waals surface area (Å²) in [6, 6.07) is 2.92. The van der Waals surface area contributed by atoms with Crippen LogP contribution in [-0.2, 0) is 0 Å². The second-order valence-electron chi connectivity index (χ2n) is 5.93. The standard InChI is InChI=1S/C17H16F2N2O3S/c1-9-8-25-15(20-9)13-3-2-4-21(13)16(22)11-5-10(14(18)19)6-12(7-11)17(23)24/h5-8,13-14H,2-4H2,1H3,(H,23,24). The summed E-state index contributed by atoms with van der Waals surface area (Å²) in [6.45, 7) is 2.36. The molecule has 3 rings (SSSR count). The summed E-state index contributed by atoms with van der Waals surface area (Å²) in [6.07, 6.45) is -1.31. The molecule has 132 valence electrons. The third kappa shape index (κ3) is 3.53. The number of carboxylic acid groups (broad SMARTS) is 1. The minimum absolute atomic E-state index is 0.0321. The lowest BCUT2D eigenvalue weighted by molar-refractivity contribution is 0.0696. The van der Waals surface area contributed by atoms with Crippen LogP contribution in [0.3, 0.4) is 0 Å². The maximum atomic E-state index is 13.0. The highest BCUT2D eigenvalue weighted by molar-refractivity contribution is 7.09. The maximum absolute atomic E-state index is 13.0. The van der Waals surface area contributed by atoms with Gasteiger partial charge in [0.05, 0.1) is 11.6 Å². The molecule has 0 bridgehead atoms. The Labute approximate surface area is 146 Å². The molecule has 1 fully saturated rings. The molecular weight excluding hydrogens is 350 g/mol. The van der Waals surface area contributed by atoms with E-state index in [0.29, 0.717) is 6.54 Å². The summed E-state index contributed by atoms with van der Waals surface area (Å²) >= 11 is 1.46. The Bertz CT molecular complexity index is 822. The number of carboxylic acids is 1. The van der Waals surface area contributed by atoms with E-state index in [2.05, 4.69) is 4.98 Å². The van der Waals surface area contributed by atoms with Gasteiger partial charge in [0, 0.05) is 28.7 Å². The molecule has 1 atom stereocenters. The van der Waals surface area contributed by atoms with E-state index in [1.165, 1.54) is 11.3 Å². The summed E-state index contributed by atoms with van der Waals surface area (Å²) in [5.74, 6) is -1.79. The third-order valence-electron chi connectivity index (χ3n) is 4.14. The van der Waals surface area contributed by atoms with Crippen molar-refractivity contribution in [2.45, 2.75) is 32.2 Å². The molecule has 1 unspecified atom stereocenters. The van der Waals surface area contributed by atoms with Crippen LogP contribution >= 0.6 is 11.3 Å². The molecule has 0 saturated carbocycles.